The fourth-order valence-electron chi connectivity index (χ4n) is 3.55. The van der Waals surface area contributed by atoms with Crippen LogP contribution < -0.4 is 4.74 Å². The molecule has 2 aromatic rings. The number of carboxylic acids is 1. The maximum absolute atomic E-state index is 10.8. The molecule has 0 unspecified atom stereocenters. The van der Waals surface area contributed by atoms with Crippen molar-refractivity contribution in [2.75, 3.05) is 6.54 Å². The van der Waals surface area contributed by atoms with Crippen molar-refractivity contribution < 1.29 is 14.6 Å². The summed E-state index contributed by atoms with van der Waals surface area (Å²) in [4.78, 5) is 13.3. The molecule has 0 saturated carbocycles. The number of fused-ring (bicyclic) bond motifs is 1. The van der Waals surface area contributed by atoms with E-state index in [0.29, 0.717) is 6.42 Å². The number of benzene rings is 2. The SMILES string of the molecule is Cc1ccc(CCC(=O)O)cc1CN1Cc2ccccc2OC(C)(C)C1. The Kier molecular flexibility index (Phi) is 5.33. The van der Waals surface area contributed by atoms with Crippen molar-refractivity contribution >= 4 is 5.97 Å². The zero-order valence-electron chi connectivity index (χ0n) is 15.8. The number of nitrogens with zero attached hydrogens (tertiary/aromatic N) is 1. The standard InChI is InChI=1S/C22H27NO3/c1-16-8-9-17(10-11-21(24)25)12-19(16)14-23-13-18-6-4-5-7-20(18)26-22(2,3)15-23/h4-9,12H,10-11,13-15H2,1-3H3,(H,24,25). The van der Waals surface area contributed by atoms with Gasteiger partial charge in [0.2, 0.25) is 0 Å². The topological polar surface area (TPSA) is 49.8 Å². The summed E-state index contributed by atoms with van der Waals surface area (Å²) in [5.41, 5.74) is 4.52. The average molecular weight is 353 g/mol. The van der Waals surface area contributed by atoms with Gasteiger partial charge in [-0.05, 0) is 49.9 Å². The Balaban J connectivity index is 1.81. The molecule has 0 bridgehead atoms. The van der Waals surface area contributed by atoms with Gasteiger partial charge in [-0.2, -0.15) is 0 Å². The Morgan fingerprint density at radius 3 is 2.77 bits per heavy atom. The fourth-order valence-corrected chi connectivity index (χ4v) is 3.55. The third kappa shape index (κ3) is 4.64. The molecule has 1 aliphatic rings. The van der Waals surface area contributed by atoms with Crippen LogP contribution in [0.25, 0.3) is 0 Å². The maximum Gasteiger partial charge on any atom is 0.303 e. The molecule has 138 valence electrons. The van der Waals surface area contributed by atoms with E-state index in [0.717, 1.165) is 30.9 Å². The molecule has 26 heavy (non-hydrogen) atoms. The largest absolute Gasteiger partial charge is 0.486 e. The van der Waals surface area contributed by atoms with Crippen molar-refractivity contribution in [3.8, 4) is 5.75 Å². The third-order valence-electron chi connectivity index (χ3n) is 4.79. The summed E-state index contributed by atoms with van der Waals surface area (Å²) in [6.45, 7) is 8.87. The van der Waals surface area contributed by atoms with Crippen molar-refractivity contribution in [2.24, 2.45) is 0 Å². The Labute approximate surface area is 155 Å². The van der Waals surface area contributed by atoms with Gasteiger partial charge in [0.25, 0.3) is 0 Å². The average Bonchev–Trinajstić information content (AvgIpc) is 2.69. The second-order valence-corrected chi connectivity index (χ2v) is 7.77. The Bertz CT molecular complexity index is 798. The Morgan fingerprint density at radius 1 is 1.23 bits per heavy atom. The number of rotatable bonds is 5. The minimum atomic E-state index is -0.754. The fraction of sp³-hybridized carbons (Fsp3) is 0.409. The molecule has 4 nitrogen and oxygen atoms in total. The van der Waals surface area contributed by atoms with Gasteiger partial charge in [0.15, 0.2) is 0 Å². The lowest BCUT2D eigenvalue weighted by Gasteiger charge is -2.30. The number of carbonyl (C=O) groups is 1. The van der Waals surface area contributed by atoms with Crippen LogP contribution in [-0.4, -0.2) is 28.1 Å². The van der Waals surface area contributed by atoms with Gasteiger partial charge in [-0.15, -0.1) is 0 Å². The smallest absolute Gasteiger partial charge is 0.303 e. The Morgan fingerprint density at radius 2 is 2.00 bits per heavy atom. The molecule has 0 fully saturated rings. The third-order valence-corrected chi connectivity index (χ3v) is 4.79. The van der Waals surface area contributed by atoms with Crippen LogP contribution in [-0.2, 0) is 24.3 Å². The molecular formula is C22H27NO3. The van der Waals surface area contributed by atoms with Crippen LogP contribution in [0.2, 0.25) is 0 Å². The van der Waals surface area contributed by atoms with E-state index in [1.165, 1.54) is 16.7 Å². The van der Waals surface area contributed by atoms with Gasteiger partial charge in [-0.1, -0.05) is 36.4 Å². The predicted octanol–water partition coefficient (Wildman–Crippen LogP) is 4.19. The van der Waals surface area contributed by atoms with E-state index >= 15 is 0 Å². The van der Waals surface area contributed by atoms with Crippen LogP contribution in [0.1, 0.15) is 42.5 Å². The molecule has 2 aromatic carbocycles. The van der Waals surface area contributed by atoms with Crippen LogP contribution in [0.15, 0.2) is 42.5 Å². The zero-order chi connectivity index (χ0) is 18.7. The van der Waals surface area contributed by atoms with E-state index in [1.54, 1.807) is 0 Å². The maximum atomic E-state index is 10.8. The summed E-state index contributed by atoms with van der Waals surface area (Å²) in [5.74, 6) is 0.210. The number of carboxylic acid groups (broad SMARTS) is 1. The van der Waals surface area contributed by atoms with Gasteiger partial charge < -0.3 is 9.84 Å². The lowest BCUT2D eigenvalue weighted by atomic mass is 10.0. The lowest BCUT2D eigenvalue weighted by molar-refractivity contribution is -0.136. The van der Waals surface area contributed by atoms with Gasteiger partial charge in [0.05, 0.1) is 0 Å². The van der Waals surface area contributed by atoms with Gasteiger partial charge in [-0.25, -0.2) is 0 Å². The highest BCUT2D eigenvalue weighted by Gasteiger charge is 2.29. The van der Waals surface area contributed by atoms with E-state index in [4.69, 9.17) is 9.84 Å². The van der Waals surface area contributed by atoms with Gasteiger partial charge in [0, 0.05) is 31.6 Å². The molecule has 3 rings (SSSR count). The summed E-state index contributed by atoms with van der Waals surface area (Å²) in [5, 5.41) is 8.92. The highest BCUT2D eigenvalue weighted by atomic mass is 16.5. The molecule has 0 aliphatic carbocycles. The molecule has 0 saturated heterocycles. The van der Waals surface area contributed by atoms with E-state index in [9.17, 15) is 4.79 Å². The van der Waals surface area contributed by atoms with Crippen LogP contribution in [0.3, 0.4) is 0 Å². The first-order valence-corrected chi connectivity index (χ1v) is 9.12. The van der Waals surface area contributed by atoms with Crippen LogP contribution in [0.5, 0.6) is 5.75 Å². The van der Waals surface area contributed by atoms with Crippen molar-refractivity contribution in [1.82, 2.24) is 4.90 Å². The highest BCUT2D eigenvalue weighted by Crippen LogP contribution is 2.30. The molecule has 4 heteroatoms. The number of aryl methyl sites for hydroxylation is 2. The zero-order valence-corrected chi connectivity index (χ0v) is 15.8. The molecule has 1 aliphatic heterocycles. The number of para-hydroxylation sites is 1. The lowest BCUT2D eigenvalue weighted by Crippen LogP contribution is -2.40. The highest BCUT2D eigenvalue weighted by molar-refractivity contribution is 5.67. The minimum absolute atomic E-state index is 0.167. The molecule has 1 N–H and O–H groups in total. The molecule has 0 spiro atoms. The first-order valence-electron chi connectivity index (χ1n) is 9.12. The second-order valence-electron chi connectivity index (χ2n) is 7.77. The molecule has 0 aromatic heterocycles. The molecular weight excluding hydrogens is 326 g/mol. The predicted molar refractivity (Wildman–Crippen MR) is 102 cm³/mol. The van der Waals surface area contributed by atoms with Crippen molar-refractivity contribution in [3.05, 3.63) is 64.7 Å². The molecule has 0 amide bonds. The van der Waals surface area contributed by atoms with Crippen LogP contribution in [0.4, 0.5) is 0 Å². The normalized spacial score (nSPS) is 16.4. The number of hydrogen-bond acceptors (Lipinski definition) is 3. The van der Waals surface area contributed by atoms with Gasteiger partial charge >= 0.3 is 5.97 Å². The van der Waals surface area contributed by atoms with Gasteiger partial charge in [0.1, 0.15) is 11.4 Å². The summed E-state index contributed by atoms with van der Waals surface area (Å²) in [6, 6.07) is 14.5. The summed E-state index contributed by atoms with van der Waals surface area (Å²) in [6.07, 6.45) is 0.737. The minimum Gasteiger partial charge on any atom is -0.486 e. The number of ether oxygens (including phenoxy) is 1. The quantitative estimate of drug-likeness (QED) is 0.876. The van der Waals surface area contributed by atoms with Gasteiger partial charge in [-0.3, -0.25) is 9.69 Å². The van der Waals surface area contributed by atoms with E-state index in [2.05, 4.69) is 49.9 Å². The molecule has 1 heterocycles. The second kappa shape index (κ2) is 7.50. The molecule has 0 radical (unpaired) electrons. The molecule has 0 atom stereocenters. The van der Waals surface area contributed by atoms with Crippen LogP contribution in [0, 0.1) is 6.92 Å². The first kappa shape index (κ1) is 18.5. The van der Waals surface area contributed by atoms with E-state index in [1.807, 2.05) is 18.2 Å². The summed E-state index contributed by atoms with van der Waals surface area (Å²) < 4.78 is 6.22. The Hall–Kier alpha value is -2.33. The summed E-state index contributed by atoms with van der Waals surface area (Å²) >= 11 is 0. The monoisotopic (exact) mass is 353 g/mol. The number of aliphatic carboxylic acids is 1. The number of hydrogen-bond donors (Lipinski definition) is 1. The van der Waals surface area contributed by atoms with E-state index in [-0.39, 0.29) is 12.0 Å². The van der Waals surface area contributed by atoms with E-state index < -0.39 is 5.97 Å². The van der Waals surface area contributed by atoms with Crippen molar-refractivity contribution in [3.63, 3.8) is 0 Å². The van der Waals surface area contributed by atoms with Crippen LogP contribution >= 0.6 is 0 Å². The summed E-state index contributed by atoms with van der Waals surface area (Å²) in [7, 11) is 0. The van der Waals surface area contributed by atoms with Crippen molar-refractivity contribution in [1.29, 1.82) is 0 Å². The van der Waals surface area contributed by atoms with Crippen molar-refractivity contribution in [2.45, 2.75) is 52.3 Å². The first-order chi connectivity index (χ1) is 12.3.